The van der Waals surface area contributed by atoms with Crippen molar-refractivity contribution in [3.05, 3.63) is 47.7 Å². The van der Waals surface area contributed by atoms with Crippen LogP contribution in [0.5, 0.6) is 0 Å². The van der Waals surface area contributed by atoms with Crippen molar-refractivity contribution in [3.8, 4) is 6.07 Å². The average molecular weight is 364 g/mol. The van der Waals surface area contributed by atoms with Crippen LogP contribution in [0.4, 0.5) is 11.8 Å². The van der Waals surface area contributed by atoms with E-state index >= 15 is 0 Å². The first kappa shape index (κ1) is 17.7. The van der Waals surface area contributed by atoms with Crippen LogP contribution in [-0.4, -0.2) is 60.3 Å². The van der Waals surface area contributed by atoms with Gasteiger partial charge < -0.3 is 15.0 Å². The Bertz CT molecular complexity index is 797. The van der Waals surface area contributed by atoms with Gasteiger partial charge in [0.25, 0.3) is 0 Å². The maximum Gasteiger partial charge on any atom is 0.224 e. The summed E-state index contributed by atoms with van der Waals surface area (Å²) in [5.74, 6) is 1.66. The lowest BCUT2D eigenvalue weighted by atomic mass is 10.1. The number of nitriles is 1. The van der Waals surface area contributed by atoms with Crippen LogP contribution in [0.15, 0.2) is 36.5 Å². The van der Waals surface area contributed by atoms with E-state index in [0.29, 0.717) is 17.6 Å². The first-order valence-corrected chi connectivity index (χ1v) is 9.44. The molecule has 1 atom stereocenters. The number of hydrogen-bond donors (Lipinski definition) is 1. The van der Waals surface area contributed by atoms with Gasteiger partial charge in [-0.1, -0.05) is 12.1 Å². The van der Waals surface area contributed by atoms with Gasteiger partial charge in [0, 0.05) is 45.0 Å². The van der Waals surface area contributed by atoms with E-state index in [1.54, 1.807) is 0 Å². The lowest BCUT2D eigenvalue weighted by Crippen LogP contribution is -2.37. The Morgan fingerprint density at radius 2 is 1.96 bits per heavy atom. The van der Waals surface area contributed by atoms with Gasteiger partial charge in [0.2, 0.25) is 5.95 Å². The predicted octanol–water partition coefficient (Wildman–Crippen LogP) is 1.87. The molecule has 0 bridgehead atoms. The Hall–Kier alpha value is -2.69. The smallest absolute Gasteiger partial charge is 0.224 e. The van der Waals surface area contributed by atoms with Gasteiger partial charge in [0.15, 0.2) is 0 Å². The Balaban J connectivity index is 1.32. The molecule has 2 aliphatic rings. The first-order chi connectivity index (χ1) is 13.3. The molecule has 1 aromatic heterocycles. The second-order valence-corrected chi connectivity index (χ2v) is 7.01. The number of hydrogen-bond acceptors (Lipinski definition) is 7. The highest BCUT2D eigenvalue weighted by atomic mass is 16.5. The molecule has 2 saturated heterocycles. The summed E-state index contributed by atoms with van der Waals surface area (Å²) in [4.78, 5) is 13.7. The third-order valence-corrected chi connectivity index (χ3v) is 5.07. The fourth-order valence-corrected chi connectivity index (χ4v) is 3.61. The van der Waals surface area contributed by atoms with E-state index in [-0.39, 0.29) is 0 Å². The Morgan fingerprint density at radius 1 is 1.15 bits per heavy atom. The summed E-state index contributed by atoms with van der Waals surface area (Å²) >= 11 is 0. The highest BCUT2D eigenvalue weighted by Gasteiger charge is 2.23. The van der Waals surface area contributed by atoms with Gasteiger partial charge in [-0.25, -0.2) is 4.98 Å². The van der Waals surface area contributed by atoms with Crippen LogP contribution in [0.2, 0.25) is 0 Å². The highest BCUT2D eigenvalue weighted by Crippen LogP contribution is 2.18. The van der Waals surface area contributed by atoms with Gasteiger partial charge >= 0.3 is 0 Å². The van der Waals surface area contributed by atoms with Crippen molar-refractivity contribution in [2.45, 2.75) is 19.0 Å². The van der Waals surface area contributed by atoms with Gasteiger partial charge in [-0.05, 0) is 30.2 Å². The molecule has 140 valence electrons. The molecule has 2 fully saturated rings. The molecule has 0 amide bonds. The van der Waals surface area contributed by atoms with Crippen LogP contribution in [0.3, 0.4) is 0 Å². The zero-order chi connectivity index (χ0) is 18.5. The van der Waals surface area contributed by atoms with Crippen LogP contribution in [-0.2, 0) is 11.3 Å². The van der Waals surface area contributed by atoms with Crippen molar-refractivity contribution < 1.29 is 4.74 Å². The van der Waals surface area contributed by atoms with Gasteiger partial charge in [0.1, 0.15) is 5.82 Å². The number of ether oxygens (including phenoxy) is 1. The number of morpholine rings is 1. The zero-order valence-electron chi connectivity index (χ0n) is 15.3. The number of benzene rings is 1. The topological polar surface area (TPSA) is 77.3 Å². The minimum atomic E-state index is 0.350. The van der Waals surface area contributed by atoms with Gasteiger partial charge in [-0.15, -0.1) is 0 Å². The molecule has 0 radical (unpaired) electrons. The fraction of sp³-hybridized carbons (Fsp3) is 0.450. The van der Waals surface area contributed by atoms with Gasteiger partial charge in [0.05, 0.1) is 24.8 Å². The highest BCUT2D eigenvalue weighted by molar-refractivity contribution is 5.43. The maximum absolute atomic E-state index is 8.90. The summed E-state index contributed by atoms with van der Waals surface area (Å²) in [7, 11) is 0. The molecule has 7 nitrogen and oxygen atoms in total. The minimum Gasteiger partial charge on any atom is -0.378 e. The third-order valence-electron chi connectivity index (χ3n) is 5.07. The van der Waals surface area contributed by atoms with Crippen LogP contribution < -0.4 is 10.2 Å². The van der Waals surface area contributed by atoms with E-state index in [0.717, 1.165) is 58.2 Å². The largest absolute Gasteiger partial charge is 0.378 e. The fourth-order valence-electron chi connectivity index (χ4n) is 3.61. The minimum absolute atomic E-state index is 0.350. The Morgan fingerprint density at radius 3 is 2.74 bits per heavy atom. The molecule has 0 saturated carbocycles. The van der Waals surface area contributed by atoms with Crippen LogP contribution in [0, 0.1) is 11.3 Å². The number of likely N-dealkylation sites (tertiary alicyclic amines) is 1. The average Bonchev–Trinajstić information content (AvgIpc) is 3.16. The maximum atomic E-state index is 8.90. The van der Waals surface area contributed by atoms with Crippen LogP contribution >= 0.6 is 0 Å². The van der Waals surface area contributed by atoms with Crippen molar-refractivity contribution >= 4 is 11.8 Å². The molecule has 2 aliphatic heterocycles. The number of rotatable bonds is 5. The van der Waals surface area contributed by atoms with E-state index < -0.39 is 0 Å². The van der Waals surface area contributed by atoms with Crippen molar-refractivity contribution in [2.75, 3.05) is 49.6 Å². The number of nitrogens with one attached hydrogen (secondary N) is 1. The molecule has 3 heterocycles. The molecule has 1 aromatic carbocycles. The lowest BCUT2D eigenvalue weighted by Gasteiger charge is -2.28. The van der Waals surface area contributed by atoms with Crippen LogP contribution in [0.1, 0.15) is 17.5 Å². The molecule has 0 spiro atoms. The molecule has 2 aromatic rings. The van der Waals surface area contributed by atoms with Crippen molar-refractivity contribution in [2.24, 2.45) is 0 Å². The van der Waals surface area contributed by atoms with Crippen LogP contribution in [0.25, 0.3) is 0 Å². The number of anilines is 2. The molecule has 7 heteroatoms. The summed E-state index contributed by atoms with van der Waals surface area (Å²) in [5.41, 5.74) is 1.94. The molecular weight excluding hydrogens is 340 g/mol. The quantitative estimate of drug-likeness (QED) is 0.868. The number of aromatic nitrogens is 2. The van der Waals surface area contributed by atoms with E-state index in [4.69, 9.17) is 10.00 Å². The van der Waals surface area contributed by atoms with E-state index in [9.17, 15) is 0 Å². The third kappa shape index (κ3) is 4.54. The SMILES string of the molecule is N#Cc1ccc(CN2CCC(Nc3nccc(N4CCOCC4)n3)C2)cc1. The molecule has 4 rings (SSSR count). The lowest BCUT2D eigenvalue weighted by molar-refractivity contribution is 0.122. The standard InChI is InChI=1S/C20H24N6O/c21-13-16-1-3-17(4-2-16)14-25-8-6-18(15-25)23-20-22-7-5-19(24-20)26-9-11-27-12-10-26/h1-5,7,18H,6,8-12,14-15H2,(H,22,23,24). The summed E-state index contributed by atoms with van der Waals surface area (Å²) in [6, 6.07) is 12.3. The monoisotopic (exact) mass is 364 g/mol. The Kier molecular flexibility index (Phi) is 5.47. The predicted molar refractivity (Wildman–Crippen MR) is 104 cm³/mol. The van der Waals surface area contributed by atoms with Crippen molar-refractivity contribution in [1.82, 2.24) is 14.9 Å². The zero-order valence-corrected chi connectivity index (χ0v) is 15.3. The van der Waals surface area contributed by atoms with Gasteiger partial charge in [-0.2, -0.15) is 10.2 Å². The second kappa shape index (κ2) is 8.33. The van der Waals surface area contributed by atoms with E-state index in [1.807, 2.05) is 36.5 Å². The van der Waals surface area contributed by atoms with Gasteiger partial charge in [-0.3, -0.25) is 4.90 Å². The molecule has 1 N–H and O–H groups in total. The summed E-state index contributed by atoms with van der Waals surface area (Å²) < 4.78 is 5.41. The summed E-state index contributed by atoms with van der Waals surface area (Å²) in [6.45, 7) is 6.15. The van der Waals surface area contributed by atoms with Crippen molar-refractivity contribution in [3.63, 3.8) is 0 Å². The van der Waals surface area contributed by atoms with Crippen molar-refractivity contribution in [1.29, 1.82) is 5.26 Å². The van der Waals surface area contributed by atoms with E-state index in [2.05, 4.69) is 31.2 Å². The molecule has 1 unspecified atom stereocenters. The number of nitrogens with zero attached hydrogens (tertiary/aromatic N) is 5. The molecule has 0 aliphatic carbocycles. The van der Waals surface area contributed by atoms with E-state index in [1.165, 1.54) is 5.56 Å². The molecule has 27 heavy (non-hydrogen) atoms. The Labute approximate surface area is 159 Å². The summed E-state index contributed by atoms with van der Waals surface area (Å²) in [6.07, 6.45) is 2.89. The first-order valence-electron chi connectivity index (χ1n) is 9.44. The summed E-state index contributed by atoms with van der Waals surface area (Å²) in [5, 5.41) is 12.4. The normalized spacial score (nSPS) is 20.4. The second-order valence-electron chi connectivity index (χ2n) is 7.01. The molecular formula is C20H24N6O.